The van der Waals surface area contributed by atoms with E-state index < -0.39 is 0 Å². The molecule has 0 aliphatic rings. The summed E-state index contributed by atoms with van der Waals surface area (Å²) in [4.78, 5) is 0. The van der Waals surface area contributed by atoms with Crippen LogP contribution in [-0.2, 0) is 0 Å². The number of hydrogen-bond acceptors (Lipinski definition) is 0. The molecule has 80 valence electrons. The second kappa shape index (κ2) is 5.50. The van der Waals surface area contributed by atoms with Crippen LogP contribution in [0.4, 0.5) is 0 Å². The molecule has 0 heterocycles. The lowest BCUT2D eigenvalue weighted by atomic mass is 9.60. The lowest BCUT2D eigenvalue weighted by Crippen LogP contribution is -2.55. The molecular weight excluding hydrogens is 314 g/mol. The molecule has 0 amide bonds. The van der Waals surface area contributed by atoms with E-state index in [1.54, 1.807) is 12.1 Å². The van der Waals surface area contributed by atoms with Gasteiger partial charge in [-0.1, -0.05) is 38.5 Å². The molecular formula is C12H3B5BrCl. The average molecular weight is 317 g/mol. The normalized spacial score (nSPS) is 10.6. The van der Waals surface area contributed by atoms with Crippen molar-refractivity contribution in [3.05, 3.63) is 27.7 Å². The van der Waals surface area contributed by atoms with Crippen LogP contribution in [0.2, 0.25) is 5.02 Å². The molecule has 0 unspecified atom stereocenters. The Labute approximate surface area is 132 Å². The molecule has 10 radical (unpaired) electrons. The van der Waals surface area contributed by atoms with Crippen molar-refractivity contribution >= 4 is 94.1 Å². The van der Waals surface area contributed by atoms with Gasteiger partial charge in [0.2, 0.25) is 0 Å². The summed E-state index contributed by atoms with van der Waals surface area (Å²) in [6, 6.07) is 5.30. The van der Waals surface area contributed by atoms with Crippen molar-refractivity contribution in [1.29, 1.82) is 0 Å². The van der Waals surface area contributed by atoms with E-state index in [4.69, 9.17) is 50.8 Å². The van der Waals surface area contributed by atoms with Gasteiger partial charge < -0.3 is 0 Å². The van der Waals surface area contributed by atoms with Crippen LogP contribution in [0.25, 0.3) is 11.1 Å². The third kappa shape index (κ3) is 2.71. The van der Waals surface area contributed by atoms with Gasteiger partial charge in [0.05, 0.1) is 0 Å². The molecule has 0 aliphatic heterocycles. The van der Waals surface area contributed by atoms with Gasteiger partial charge in [-0.25, -0.2) is 0 Å². The third-order valence-corrected chi connectivity index (χ3v) is 3.53. The summed E-state index contributed by atoms with van der Waals surface area (Å²) in [6.45, 7) is 0. The van der Waals surface area contributed by atoms with Crippen molar-refractivity contribution in [2.75, 3.05) is 0 Å². The quantitative estimate of drug-likeness (QED) is 0.576. The van der Waals surface area contributed by atoms with Gasteiger partial charge in [0.25, 0.3) is 0 Å². The van der Waals surface area contributed by atoms with Gasteiger partial charge in [-0.15, -0.1) is 16.4 Å². The van der Waals surface area contributed by atoms with Crippen molar-refractivity contribution in [3.8, 4) is 11.1 Å². The standard InChI is InChI=1S/C12H3B5BrCl/c13-8-7(4-1-5(18)3-6(19)2-4)9(14)11(16)12(17)10(8)15/h1-3H. The van der Waals surface area contributed by atoms with E-state index in [1.165, 1.54) is 0 Å². The van der Waals surface area contributed by atoms with Crippen molar-refractivity contribution in [2.45, 2.75) is 0 Å². The molecule has 19 heavy (non-hydrogen) atoms. The fourth-order valence-electron chi connectivity index (χ4n) is 1.86. The third-order valence-electron chi connectivity index (χ3n) is 2.85. The van der Waals surface area contributed by atoms with Gasteiger partial charge in [-0.05, 0) is 29.3 Å². The highest BCUT2D eigenvalue weighted by Crippen LogP contribution is 2.24. The van der Waals surface area contributed by atoms with E-state index in [9.17, 15) is 0 Å². The Kier molecular flexibility index (Phi) is 4.32. The van der Waals surface area contributed by atoms with Gasteiger partial charge in [-0.3, -0.25) is 0 Å². The number of rotatable bonds is 1. The summed E-state index contributed by atoms with van der Waals surface area (Å²) >= 11 is 9.37. The van der Waals surface area contributed by atoms with Gasteiger partial charge in [0, 0.05) is 9.50 Å². The molecule has 0 bridgehead atoms. The summed E-state index contributed by atoms with van der Waals surface area (Å²) in [5.74, 6) is 0. The van der Waals surface area contributed by atoms with Crippen LogP contribution >= 0.6 is 27.5 Å². The lowest BCUT2D eigenvalue weighted by molar-refractivity contribution is 1.64. The Hall–Kier alpha value is -0.465. The van der Waals surface area contributed by atoms with Crippen molar-refractivity contribution in [3.63, 3.8) is 0 Å². The van der Waals surface area contributed by atoms with Crippen LogP contribution in [0, 0.1) is 0 Å². The highest BCUT2D eigenvalue weighted by Gasteiger charge is 2.12. The van der Waals surface area contributed by atoms with Crippen LogP contribution in [0.1, 0.15) is 0 Å². The maximum Gasteiger partial charge on any atom is 0.113 e. The first kappa shape index (κ1) is 14.9. The van der Waals surface area contributed by atoms with E-state index in [0.717, 1.165) is 4.47 Å². The fourth-order valence-corrected chi connectivity index (χ4v) is 2.72. The topological polar surface area (TPSA) is 0 Å². The van der Waals surface area contributed by atoms with Gasteiger partial charge in [0.15, 0.2) is 0 Å². The monoisotopic (exact) mass is 316 g/mol. The molecule has 7 heteroatoms. The predicted octanol–water partition coefficient (Wildman–Crippen LogP) is -1.26. The predicted molar refractivity (Wildman–Crippen MR) is 91.5 cm³/mol. The van der Waals surface area contributed by atoms with E-state index in [2.05, 4.69) is 15.9 Å². The second-order valence-corrected chi connectivity index (χ2v) is 5.45. The van der Waals surface area contributed by atoms with E-state index >= 15 is 0 Å². The largest absolute Gasteiger partial charge is 0.113 e. The molecule has 0 saturated carbocycles. The zero-order valence-electron chi connectivity index (χ0n) is 9.87. The molecule has 0 aromatic heterocycles. The van der Waals surface area contributed by atoms with E-state index in [0.29, 0.717) is 27.1 Å². The maximum absolute atomic E-state index is 6.02. The fraction of sp³-hybridized carbons (Fsp3) is 0. The summed E-state index contributed by atoms with van der Waals surface area (Å²) in [6.07, 6.45) is 0. The molecule has 0 aliphatic carbocycles. The summed E-state index contributed by atoms with van der Waals surface area (Å²) in [5, 5.41) is 0.539. The van der Waals surface area contributed by atoms with Crippen molar-refractivity contribution < 1.29 is 0 Å². The number of benzene rings is 2. The van der Waals surface area contributed by atoms with E-state index in [-0.39, 0.29) is 16.4 Å². The van der Waals surface area contributed by atoms with Crippen molar-refractivity contribution in [2.24, 2.45) is 0 Å². The van der Waals surface area contributed by atoms with Gasteiger partial charge in [-0.2, -0.15) is 0 Å². The van der Waals surface area contributed by atoms with Crippen LogP contribution in [-0.4, -0.2) is 39.2 Å². The molecule has 2 aromatic rings. The number of hydrogen-bond donors (Lipinski definition) is 0. The Balaban J connectivity index is 2.82. The Bertz CT molecular complexity index is 622. The second-order valence-electron chi connectivity index (χ2n) is 4.10. The highest BCUT2D eigenvalue weighted by atomic mass is 79.9. The van der Waals surface area contributed by atoms with Crippen LogP contribution < -0.4 is 27.3 Å². The Morgan fingerprint density at radius 3 is 1.68 bits per heavy atom. The summed E-state index contributed by atoms with van der Waals surface area (Å²) < 4.78 is 0.794. The lowest BCUT2D eigenvalue weighted by Gasteiger charge is -2.21. The summed E-state index contributed by atoms with van der Waals surface area (Å²) in [7, 11) is 29.4. The molecule has 0 atom stereocenters. The van der Waals surface area contributed by atoms with E-state index in [1.807, 2.05) is 6.07 Å². The maximum atomic E-state index is 6.02. The minimum absolute atomic E-state index is 0.194. The van der Waals surface area contributed by atoms with Crippen LogP contribution in [0.15, 0.2) is 22.7 Å². The molecule has 2 aromatic carbocycles. The van der Waals surface area contributed by atoms with Crippen LogP contribution in [0.3, 0.4) is 0 Å². The first-order chi connectivity index (χ1) is 8.82. The zero-order chi connectivity index (χ0) is 14.3. The Morgan fingerprint density at radius 1 is 0.737 bits per heavy atom. The Morgan fingerprint density at radius 2 is 1.21 bits per heavy atom. The minimum Gasteiger partial charge on any atom is -0.112 e. The average Bonchev–Trinajstić information content (AvgIpc) is 2.33. The molecule has 0 saturated heterocycles. The minimum atomic E-state index is 0.194. The molecule has 0 nitrogen and oxygen atoms in total. The zero-order valence-corrected chi connectivity index (χ0v) is 12.2. The van der Waals surface area contributed by atoms with Crippen LogP contribution in [0.5, 0.6) is 0 Å². The summed E-state index contributed by atoms with van der Waals surface area (Å²) in [5.41, 5.74) is 2.47. The van der Waals surface area contributed by atoms with Gasteiger partial charge >= 0.3 is 0 Å². The van der Waals surface area contributed by atoms with Gasteiger partial charge in [0.1, 0.15) is 39.2 Å². The first-order valence-electron chi connectivity index (χ1n) is 5.30. The molecule has 0 spiro atoms. The molecule has 0 N–H and O–H groups in total. The SMILES string of the molecule is [B]c1c([B])c([B])c(-c2cc(Cl)cc(Br)c2)c([B])c1[B]. The molecule has 2 rings (SSSR count). The molecule has 0 fully saturated rings. The smallest absolute Gasteiger partial charge is 0.112 e. The number of halogens is 2. The highest BCUT2D eigenvalue weighted by molar-refractivity contribution is 9.10. The van der Waals surface area contributed by atoms with Crippen molar-refractivity contribution in [1.82, 2.24) is 0 Å². The first-order valence-corrected chi connectivity index (χ1v) is 6.47.